The average Bonchev–Trinajstić information content (AvgIpc) is 2.31. The first kappa shape index (κ1) is 10.9. The highest BCUT2D eigenvalue weighted by atomic mass is 32.2. The summed E-state index contributed by atoms with van der Waals surface area (Å²) in [6.07, 6.45) is 2.65. The van der Waals surface area contributed by atoms with E-state index in [0.29, 0.717) is 0 Å². The molecule has 16 heavy (non-hydrogen) atoms. The Hall–Kier alpha value is -1.61. The average molecular weight is 229 g/mol. The third-order valence-corrected chi connectivity index (χ3v) is 3.17. The van der Waals surface area contributed by atoms with Crippen LogP contribution in [0.1, 0.15) is 15.9 Å². The summed E-state index contributed by atoms with van der Waals surface area (Å²) in [6.45, 7) is 1.94. The van der Waals surface area contributed by atoms with E-state index in [1.54, 1.807) is 18.0 Å². The Labute approximate surface area is 98.7 Å². The molecule has 0 amide bonds. The van der Waals surface area contributed by atoms with Gasteiger partial charge in [0.15, 0.2) is 0 Å². The van der Waals surface area contributed by atoms with Crippen molar-refractivity contribution in [3.8, 4) is 0 Å². The van der Waals surface area contributed by atoms with Gasteiger partial charge in [-0.05, 0) is 36.8 Å². The van der Waals surface area contributed by atoms with Gasteiger partial charge < -0.3 is 0 Å². The fourth-order valence-corrected chi connectivity index (χ4v) is 2.25. The number of pyridine rings is 1. The number of hydrogen-bond donors (Lipinski definition) is 0. The molecule has 1 aromatic carbocycles. The largest absolute Gasteiger partial charge is 0.298 e. The van der Waals surface area contributed by atoms with Gasteiger partial charge in [-0.25, -0.2) is 4.98 Å². The summed E-state index contributed by atoms with van der Waals surface area (Å²) in [5, 5.41) is 0.959. The molecule has 0 N–H and O–H groups in total. The van der Waals surface area contributed by atoms with Crippen LogP contribution in [0.5, 0.6) is 0 Å². The van der Waals surface area contributed by atoms with Crippen LogP contribution in [0.3, 0.4) is 0 Å². The van der Waals surface area contributed by atoms with E-state index in [4.69, 9.17) is 0 Å². The lowest BCUT2D eigenvalue weighted by molar-refractivity contribution is 0.112. The van der Waals surface area contributed by atoms with Crippen molar-refractivity contribution in [1.82, 2.24) is 4.98 Å². The van der Waals surface area contributed by atoms with Crippen molar-refractivity contribution in [1.29, 1.82) is 0 Å². The number of rotatable bonds is 3. The van der Waals surface area contributed by atoms with Gasteiger partial charge in [0.1, 0.15) is 11.3 Å². The second kappa shape index (κ2) is 4.94. The Morgan fingerprint density at radius 2 is 2.12 bits per heavy atom. The molecule has 0 saturated heterocycles. The Kier molecular flexibility index (Phi) is 3.37. The van der Waals surface area contributed by atoms with Gasteiger partial charge in [-0.1, -0.05) is 23.9 Å². The number of hydrogen-bond acceptors (Lipinski definition) is 3. The number of benzene rings is 1. The zero-order chi connectivity index (χ0) is 11.4. The molecular formula is C13H11NOS. The van der Waals surface area contributed by atoms with Crippen LogP contribution in [0, 0.1) is 6.92 Å². The molecule has 0 aliphatic heterocycles. The SMILES string of the molecule is Cc1cc(Sc2ccccn2)ccc1C=O. The molecule has 80 valence electrons. The molecule has 3 heteroatoms. The summed E-state index contributed by atoms with van der Waals surface area (Å²) in [6, 6.07) is 11.6. The first-order valence-corrected chi connectivity index (χ1v) is 5.76. The van der Waals surface area contributed by atoms with Crippen molar-refractivity contribution in [2.45, 2.75) is 16.8 Å². The molecule has 0 aliphatic rings. The highest BCUT2D eigenvalue weighted by Gasteiger charge is 2.01. The zero-order valence-corrected chi connectivity index (χ0v) is 9.70. The predicted molar refractivity (Wildman–Crippen MR) is 64.9 cm³/mol. The molecule has 0 aliphatic carbocycles. The van der Waals surface area contributed by atoms with E-state index >= 15 is 0 Å². The molecule has 0 bridgehead atoms. The van der Waals surface area contributed by atoms with E-state index in [9.17, 15) is 4.79 Å². The van der Waals surface area contributed by atoms with Gasteiger partial charge in [-0.2, -0.15) is 0 Å². The zero-order valence-electron chi connectivity index (χ0n) is 8.88. The lowest BCUT2D eigenvalue weighted by Gasteiger charge is -2.03. The second-order valence-corrected chi connectivity index (χ2v) is 4.50. The van der Waals surface area contributed by atoms with Crippen LogP contribution in [0.2, 0.25) is 0 Å². The summed E-state index contributed by atoms with van der Waals surface area (Å²) < 4.78 is 0. The fraction of sp³-hybridized carbons (Fsp3) is 0.0769. The fourth-order valence-electron chi connectivity index (χ4n) is 1.37. The molecule has 1 heterocycles. The highest BCUT2D eigenvalue weighted by Crippen LogP contribution is 2.26. The van der Waals surface area contributed by atoms with E-state index in [0.717, 1.165) is 27.3 Å². The molecule has 0 saturated carbocycles. The Morgan fingerprint density at radius 3 is 2.75 bits per heavy atom. The van der Waals surface area contributed by atoms with Gasteiger partial charge >= 0.3 is 0 Å². The standard InChI is InChI=1S/C13H11NOS/c1-10-8-12(6-5-11(10)9-15)16-13-4-2-3-7-14-13/h2-9H,1H3. The van der Waals surface area contributed by atoms with E-state index in [1.807, 2.05) is 43.3 Å². The first-order chi connectivity index (χ1) is 7.79. The molecule has 2 aromatic rings. The van der Waals surface area contributed by atoms with Crippen LogP contribution < -0.4 is 0 Å². The normalized spacial score (nSPS) is 10.1. The predicted octanol–water partition coefficient (Wildman–Crippen LogP) is 3.35. The molecule has 0 unspecified atom stereocenters. The highest BCUT2D eigenvalue weighted by molar-refractivity contribution is 7.99. The van der Waals surface area contributed by atoms with Gasteiger partial charge in [0.05, 0.1) is 0 Å². The Balaban J connectivity index is 2.23. The number of nitrogens with zero attached hydrogens (tertiary/aromatic N) is 1. The molecule has 1 aromatic heterocycles. The van der Waals surface area contributed by atoms with Crippen molar-refractivity contribution in [2.24, 2.45) is 0 Å². The topological polar surface area (TPSA) is 30.0 Å². The molecule has 0 spiro atoms. The summed E-state index contributed by atoms with van der Waals surface area (Å²) in [7, 11) is 0. The van der Waals surface area contributed by atoms with Crippen LogP contribution >= 0.6 is 11.8 Å². The summed E-state index contributed by atoms with van der Waals surface area (Å²) in [5.74, 6) is 0. The van der Waals surface area contributed by atoms with E-state index in [2.05, 4.69) is 4.98 Å². The number of aryl methyl sites for hydroxylation is 1. The van der Waals surface area contributed by atoms with Crippen molar-refractivity contribution in [3.63, 3.8) is 0 Å². The van der Waals surface area contributed by atoms with Crippen molar-refractivity contribution >= 4 is 18.0 Å². The third-order valence-electron chi connectivity index (χ3n) is 2.23. The summed E-state index contributed by atoms with van der Waals surface area (Å²) in [4.78, 5) is 16.0. The van der Waals surface area contributed by atoms with Crippen LogP contribution in [0.25, 0.3) is 0 Å². The molecule has 0 fully saturated rings. The number of aldehydes is 1. The minimum absolute atomic E-state index is 0.741. The van der Waals surface area contributed by atoms with Gasteiger partial charge in [0, 0.05) is 16.7 Å². The van der Waals surface area contributed by atoms with Crippen LogP contribution in [0.15, 0.2) is 52.5 Å². The Bertz CT molecular complexity index is 497. The van der Waals surface area contributed by atoms with Gasteiger partial charge in [0.25, 0.3) is 0 Å². The summed E-state index contributed by atoms with van der Waals surface area (Å²) in [5.41, 5.74) is 1.74. The smallest absolute Gasteiger partial charge is 0.150 e. The van der Waals surface area contributed by atoms with Crippen molar-refractivity contribution in [2.75, 3.05) is 0 Å². The van der Waals surface area contributed by atoms with Crippen LogP contribution in [-0.2, 0) is 0 Å². The van der Waals surface area contributed by atoms with Crippen molar-refractivity contribution < 1.29 is 4.79 Å². The second-order valence-electron chi connectivity index (χ2n) is 3.41. The van der Waals surface area contributed by atoms with Crippen LogP contribution in [0.4, 0.5) is 0 Å². The monoisotopic (exact) mass is 229 g/mol. The maximum atomic E-state index is 10.7. The number of carbonyl (C=O) groups is 1. The Morgan fingerprint density at radius 1 is 1.25 bits per heavy atom. The molecular weight excluding hydrogens is 218 g/mol. The lowest BCUT2D eigenvalue weighted by atomic mass is 10.1. The molecule has 2 rings (SSSR count). The summed E-state index contributed by atoms with van der Waals surface area (Å²) >= 11 is 1.59. The van der Waals surface area contributed by atoms with E-state index in [-0.39, 0.29) is 0 Å². The minimum atomic E-state index is 0.741. The quantitative estimate of drug-likeness (QED) is 0.756. The lowest BCUT2D eigenvalue weighted by Crippen LogP contribution is -1.86. The third kappa shape index (κ3) is 2.49. The minimum Gasteiger partial charge on any atom is -0.298 e. The van der Waals surface area contributed by atoms with Crippen molar-refractivity contribution in [3.05, 3.63) is 53.7 Å². The van der Waals surface area contributed by atoms with Crippen LogP contribution in [-0.4, -0.2) is 11.3 Å². The molecule has 0 radical (unpaired) electrons. The van der Waals surface area contributed by atoms with E-state index in [1.165, 1.54) is 0 Å². The van der Waals surface area contributed by atoms with Gasteiger partial charge in [-0.3, -0.25) is 4.79 Å². The maximum Gasteiger partial charge on any atom is 0.150 e. The van der Waals surface area contributed by atoms with Gasteiger partial charge in [0.2, 0.25) is 0 Å². The maximum absolute atomic E-state index is 10.7. The number of aromatic nitrogens is 1. The van der Waals surface area contributed by atoms with Gasteiger partial charge in [-0.15, -0.1) is 0 Å². The first-order valence-electron chi connectivity index (χ1n) is 4.94. The number of carbonyl (C=O) groups excluding carboxylic acids is 1. The molecule has 2 nitrogen and oxygen atoms in total. The molecule has 0 atom stereocenters. The van der Waals surface area contributed by atoms with E-state index < -0.39 is 0 Å².